The van der Waals surface area contributed by atoms with Crippen LogP contribution in [0.1, 0.15) is 40.3 Å². The number of aliphatic hydroxyl groups is 1. The third-order valence-electron chi connectivity index (χ3n) is 6.16. The van der Waals surface area contributed by atoms with Crippen LogP contribution >= 0.6 is 7.75 Å². The zero-order valence-corrected chi connectivity index (χ0v) is 23.2. The van der Waals surface area contributed by atoms with Gasteiger partial charge in [0.2, 0.25) is 5.82 Å². The Hall–Kier alpha value is -3.35. The van der Waals surface area contributed by atoms with Crippen LogP contribution in [0.4, 0.5) is 4.39 Å². The van der Waals surface area contributed by atoms with Gasteiger partial charge in [0.15, 0.2) is 0 Å². The van der Waals surface area contributed by atoms with Crippen molar-refractivity contribution in [1.82, 2.24) is 14.6 Å². The van der Waals surface area contributed by atoms with E-state index in [0.717, 1.165) is 9.95 Å². The minimum absolute atomic E-state index is 0.150. The number of esters is 1. The second kappa shape index (κ2) is 12.0. The number of H-pyrrole nitrogens is 1. The molecule has 40 heavy (non-hydrogen) atoms. The Morgan fingerprint density at radius 1 is 1.18 bits per heavy atom. The fraction of sp³-hybridized carbons (Fsp3) is 0.423. The molecule has 1 fully saturated rings. The van der Waals surface area contributed by atoms with Gasteiger partial charge >= 0.3 is 19.4 Å². The molecule has 0 aliphatic carbocycles. The maximum absolute atomic E-state index is 14.1. The molecule has 0 spiro atoms. The average molecular weight is 580 g/mol. The summed E-state index contributed by atoms with van der Waals surface area (Å²) in [5.74, 6) is -1.68. The van der Waals surface area contributed by atoms with E-state index in [0.29, 0.717) is 11.6 Å². The third kappa shape index (κ3) is 6.68. The predicted octanol–water partition coefficient (Wildman–Crippen LogP) is 3.00. The number of ether oxygens (including phenoxy) is 2. The quantitative estimate of drug-likeness (QED) is 0.241. The Morgan fingerprint density at radius 2 is 1.88 bits per heavy atom. The van der Waals surface area contributed by atoms with Gasteiger partial charge in [-0.2, -0.15) is 9.48 Å². The second-order valence-corrected chi connectivity index (χ2v) is 11.4. The van der Waals surface area contributed by atoms with Crippen molar-refractivity contribution in [3.8, 4) is 5.75 Å². The zero-order chi connectivity index (χ0) is 29.2. The van der Waals surface area contributed by atoms with Gasteiger partial charge in [-0.1, -0.05) is 36.4 Å². The molecule has 1 saturated heterocycles. The first kappa shape index (κ1) is 29.6. The number of rotatable bonds is 10. The van der Waals surface area contributed by atoms with Crippen molar-refractivity contribution in [2.75, 3.05) is 0 Å². The predicted molar refractivity (Wildman–Crippen MR) is 142 cm³/mol. The Labute approximate surface area is 228 Å². The Morgan fingerprint density at radius 3 is 2.60 bits per heavy atom. The van der Waals surface area contributed by atoms with Gasteiger partial charge in [0, 0.05) is 11.8 Å². The lowest BCUT2D eigenvalue weighted by Crippen LogP contribution is -2.40. The highest BCUT2D eigenvalue weighted by molar-refractivity contribution is 7.52. The van der Waals surface area contributed by atoms with Crippen molar-refractivity contribution >= 4 is 24.5 Å². The topological polar surface area (TPSA) is 158 Å². The monoisotopic (exact) mass is 579 g/mol. The largest absolute Gasteiger partial charge is 0.462 e. The molecule has 4 rings (SSSR count). The molecule has 0 radical (unpaired) electrons. The van der Waals surface area contributed by atoms with Crippen LogP contribution in [0.25, 0.3) is 10.8 Å². The summed E-state index contributed by atoms with van der Waals surface area (Å²) in [6, 6.07) is 11.3. The maximum Gasteiger partial charge on any atom is 0.459 e. The first-order valence-corrected chi connectivity index (χ1v) is 14.2. The number of hydrogen-bond donors (Lipinski definition) is 3. The van der Waals surface area contributed by atoms with E-state index in [1.807, 2.05) is 23.2 Å². The first-order chi connectivity index (χ1) is 18.9. The molecule has 14 heteroatoms. The molecule has 0 saturated carbocycles. The van der Waals surface area contributed by atoms with Crippen LogP contribution < -0.4 is 20.9 Å². The van der Waals surface area contributed by atoms with Crippen LogP contribution in [-0.2, 0) is 23.4 Å². The molecule has 216 valence electrons. The molecule has 3 N–H and O–H groups in total. The molecular weight excluding hydrogens is 548 g/mol. The molecule has 0 bridgehead atoms. The van der Waals surface area contributed by atoms with Gasteiger partial charge in [-0.3, -0.25) is 23.7 Å². The van der Waals surface area contributed by atoms with Gasteiger partial charge in [-0.25, -0.2) is 9.36 Å². The number of aromatic amines is 1. The van der Waals surface area contributed by atoms with Crippen molar-refractivity contribution in [3.05, 3.63) is 75.3 Å². The van der Waals surface area contributed by atoms with Crippen molar-refractivity contribution in [1.29, 1.82) is 0 Å². The summed E-state index contributed by atoms with van der Waals surface area (Å²) in [6.07, 6.45) is -4.52. The van der Waals surface area contributed by atoms with Crippen molar-refractivity contribution in [3.63, 3.8) is 0 Å². The lowest BCUT2D eigenvalue weighted by atomic mass is 10.1. The number of hydrogen-bond acceptors (Lipinski definition) is 9. The zero-order valence-electron chi connectivity index (χ0n) is 22.3. The van der Waals surface area contributed by atoms with E-state index in [9.17, 15) is 28.4 Å². The normalized spacial score (nSPS) is 22.1. The average Bonchev–Trinajstić information content (AvgIpc) is 3.27. The minimum Gasteiger partial charge on any atom is -0.462 e. The summed E-state index contributed by atoms with van der Waals surface area (Å²) in [5.41, 5.74) is -2.11. The number of halogens is 1. The number of nitrogens with zero attached hydrogens (tertiary/aromatic N) is 1. The molecule has 1 aromatic heterocycles. The van der Waals surface area contributed by atoms with Crippen LogP contribution in [0, 0.1) is 5.82 Å². The molecular formula is C26H31FN3O9P. The van der Waals surface area contributed by atoms with Crippen molar-refractivity contribution in [2.45, 2.75) is 70.8 Å². The van der Waals surface area contributed by atoms with Crippen LogP contribution in [0.3, 0.4) is 0 Å². The molecule has 2 aromatic carbocycles. The Kier molecular flexibility index (Phi) is 8.91. The smallest absolute Gasteiger partial charge is 0.459 e. The summed E-state index contributed by atoms with van der Waals surface area (Å²) in [5, 5.41) is 14.7. The van der Waals surface area contributed by atoms with Crippen LogP contribution in [0.15, 0.2) is 58.3 Å². The second-order valence-electron chi connectivity index (χ2n) is 9.71. The van der Waals surface area contributed by atoms with Gasteiger partial charge < -0.3 is 19.1 Å². The third-order valence-corrected chi connectivity index (χ3v) is 7.91. The van der Waals surface area contributed by atoms with E-state index in [2.05, 4.69) is 5.09 Å². The number of carbonyl (C=O) groups is 1. The van der Waals surface area contributed by atoms with E-state index in [4.69, 9.17) is 18.5 Å². The highest BCUT2D eigenvalue weighted by Gasteiger charge is 2.44. The molecule has 3 aromatic rings. The number of aliphatic hydroxyl groups excluding tert-OH is 1. The highest BCUT2D eigenvalue weighted by Crippen LogP contribution is 2.49. The van der Waals surface area contributed by atoms with Crippen molar-refractivity contribution in [2.24, 2.45) is 0 Å². The van der Waals surface area contributed by atoms with E-state index in [-0.39, 0.29) is 12.2 Å². The summed E-state index contributed by atoms with van der Waals surface area (Å²) < 4.78 is 51.5. The summed E-state index contributed by atoms with van der Waals surface area (Å²) >= 11 is 0. The molecule has 12 nitrogen and oxygen atoms in total. The van der Waals surface area contributed by atoms with E-state index >= 15 is 0 Å². The van der Waals surface area contributed by atoms with E-state index < -0.39 is 67.5 Å². The Bertz CT molecular complexity index is 1540. The summed E-state index contributed by atoms with van der Waals surface area (Å²) in [6.45, 7) is 6.24. The van der Waals surface area contributed by atoms with E-state index in [1.54, 1.807) is 38.1 Å². The number of carbonyl (C=O) groups excluding carboxylic acids is 1. The van der Waals surface area contributed by atoms with Gasteiger partial charge in [0.1, 0.15) is 24.1 Å². The maximum atomic E-state index is 14.1. The van der Waals surface area contributed by atoms with Crippen molar-refractivity contribution < 1.29 is 37.4 Å². The summed E-state index contributed by atoms with van der Waals surface area (Å²) in [4.78, 5) is 37.9. The lowest BCUT2D eigenvalue weighted by molar-refractivity contribution is -0.149. The number of aromatic nitrogens is 2. The van der Waals surface area contributed by atoms with Crippen LogP contribution in [-0.4, -0.2) is 51.1 Å². The lowest BCUT2D eigenvalue weighted by Gasteiger charge is -2.29. The Balaban J connectivity index is 1.60. The minimum atomic E-state index is -4.37. The molecule has 6 atom stereocenters. The number of nitrogens with one attached hydrogen (secondary N) is 2. The molecule has 1 unspecified atom stereocenters. The fourth-order valence-corrected chi connectivity index (χ4v) is 6.04. The fourth-order valence-electron chi connectivity index (χ4n) is 4.33. The molecule has 2 heterocycles. The van der Waals surface area contributed by atoms with E-state index in [1.165, 1.54) is 13.8 Å². The standard InChI is InChI=1S/C26H31FN3O9P/c1-14(2)36-25(33)15(3)29-40(35,39-21-11-7-9-17-8-5-6-10-18(17)21)38-16(4)23-20(31)12-22(37-23)30-13-19(27)24(32)28-26(30)34/h5-11,13-16,20,22-23,31H,12H2,1-4H3,(H,29,35)(H,28,32,34)/t15-,16+,20?,22+,23+,40-/m0/s1. The van der Waals surface area contributed by atoms with Gasteiger partial charge in [0.25, 0.3) is 5.56 Å². The van der Waals surface area contributed by atoms with Crippen LogP contribution in [0.5, 0.6) is 5.75 Å². The van der Waals surface area contributed by atoms with Crippen LogP contribution in [0.2, 0.25) is 0 Å². The molecule has 0 amide bonds. The first-order valence-electron chi connectivity index (χ1n) is 12.7. The van der Waals surface area contributed by atoms with Gasteiger partial charge in [-0.15, -0.1) is 0 Å². The molecule has 1 aliphatic heterocycles. The summed E-state index contributed by atoms with van der Waals surface area (Å²) in [7, 11) is -4.37. The highest BCUT2D eigenvalue weighted by atomic mass is 31.2. The molecule has 1 aliphatic rings. The van der Waals surface area contributed by atoms with Gasteiger partial charge in [-0.05, 0) is 39.1 Å². The number of benzene rings is 2. The van der Waals surface area contributed by atoms with Gasteiger partial charge in [0.05, 0.1) is 24.5 Å². The number of fused-ring (bicyclic) bond motifs is 1. The SMILES string of the molecule is CC(C)OC(=O)[C@H](C)N[P@@](=O)(Oc1cccc2ccccc12)O[C@H](C)[C@H]1O[C@@H](n2cc(F)c(=O)[nH]c2=O)CC1O.